The Balaban J connectivity index is 2.64. The van der Waals surface area contributed by atoms with E-state index in [4.69, 9.17) is 0 Å². The van der Waals surface area contributed by atoms with E-state index in [0.29, 0.717) is 0 Å². The lowest BCUT2D eigenvalue weighted by Crippen LogP contribution is -1.71. The van der Waals surface area contributed by atoms with Crippen molar-refractivity contribution in [3.63, 3.8) is 0 Å². The summed E-state index contributed by atoms with van der Waals surface area (Å²) in [4.78, 5) is 3.97. The normalized spacial score (nSPS) is 11.4. The van der Waals surface area contributed by atoms with Crippen molar-refractivity contribution in [3.8, 4) is 0 Å². The Bertz CT molecular complexity index is 247. The number of pyridine rings is 1. The zero-order valence-corrected chi connectivity index (χ0v) is 6.27. The maximum atomic E-state index is 3.97. The predicted molar refractivity (Wildman–Crippen MR) is 47.8 cm³/mol. The average molecular weight is 144 g/mol. The molecule has 55 valence electrons. The Hall–Kier alpha value is -1.37. The number of hydrogen-bond acceptors (Lipinski definition) is 1. The summed E-state index contributed by atoms with van der Waals surface area (Å²) in [6.07, 6.45) is 11.1. The van der Waals surface area contributed by atoms with Gasteiger partial charge in [0.25, 0.3) is 0 Å². The standard InChI is InChI=1S/C10H10N/c1-2-3-4-6-10-7-5-8-11-9-10/h2-9H,1H2/b3-2+,6-4+. The van der Waals surface area contributed by atoms with E-state index in [0.717, 1.165) is 5.56 Å². The summed E-state index contributed by atoms with van der Waals surface area (Å²) in [5, 5.41) is 0. The van der Waals surface area contributed by atoms with Crippen LogP contribution in [0.2, 0.25) is 0 Å². The van der Waals surface area contributed by atoms with E-state index < -0.39 is 0 Å². The van der Waals surface area contributed by atoms with Crippen LogP contribution in [0.1, 0.15) is 5.56 Å². The Morgan fingerprint density at radius 3 is 2.91 bits per heavy atom. The molecule has 0 atom stereocenters. The third-order valence-electron chi connectivity index (χ3n) is 1.22. The molecule has 1 rings (SSSR count). The van der Waals surface area contributed by atoms with E-state index in [2.05, 4.69) is 11.9 Å². The molecule has 1 aromatic rings. The molecular formula is C10H10N. The van der Waals surface area contributed by atoms with Crippen molar-refractivity contribution in [1.82, 2.24) is 4.98 Å². The molecule has 0 unspecified atom stereocenters. The Morgan fingerprint density at radius 2 is 2.27 bits per heavy atom. The van der Waals surface area contributed by atoms with Crippen LogP contribution in [0.25, 0.3) is 6.08 Å². The SMILES string of the molecule is [CH2]/C=C/C=C/c1cccnc1. The van der Waals surface area contributed by atoms with Gasteiger partial charge in [0.15, 0.2) is 0 Å². The Morgan fingerprint density at radius 1 is 1.36 bits per heavy atom. The minimum Gasteiger partial charge on any atom is -0.264 e. The fraction of sp³-hybridized carbons (Fsp3) is 0. The predicted octanol–water partition coefficient (Wildman–Crippen LogP) is 2.49. The van der Waals surface area contributed by atoms with Crippen LogP contribution in [0.4, 0.5) is 0 Å². The number of hydrogen-bond donors (Lipinski definition) is 0. The molecule has 0 aromatic carbocycles. The van der Waals surface area contributed by atoms with Crippen molar-refractivity contribution in [2.75, 3.05) is 0 Å². The first-order valence-corrected chi connectivity index (χ1v) is 3.46. The summed E-state index contributed by atoms with van der Waals surface area (Å²) in [6.45, 7) is 3.57. The molecule has 0 spiro atoms. The topological polar surface area (TPSA) is 12.9 Å². The molecule has 1 heteroatoms. The van der Waals surface area contributed by atoms with E-state index >= 15 is 0 Å². The summed E-state index contributed by atoms with van der Waals surface area (Å²) in [6, 6.07) is 3.91. The monoisotopic (exact) mass is 144 g/mol. The van der Waals surface area contributed by atoms with Crippen LogP contribution in [0.5, 0.6) is 0 Å². The fourth-order valence-corrected chi connectivity index (χ4v) is 0.720. The summed E-state index contributed by atoms with van der Waals surface area (Å²) in [7, 11) is 0. The highest BCUT2D eigenvalue weighted by molar-refractivity contribution is 5.49. The minimum atomic E-state index is 1.10. The van der Waals surface area contributed by atoms with Crippen LogP contribution in [0.3, 0.4) is 0 Å². The van der Waals surface area contributed by atoms with Gasteiger partial charge in [-0.15, -0.1) is 0 Å². The molecular weight excluding hydrogens is 134 g/mol. The number of allylic oxidation sites excluding steroid dienone is 3. The minimum absolute atomic E-state index is 1.10. The lowest BCUT2D eigenvalue weighted by atomic mass is 10.2. The van der Waals surface area contributed by atoms with Gasteiger partial charge in [0, 0.05) is 12.4 Å². The van der Waals surface area contributed by atoms with E-state index in [9.17, 15) is 0 Å². The number of aromatic nitrogens is 1. The van der Waals surface area contributed by atoms with Crippen LogP contribution in [0.15, 0.2) is 42.8 Å². The first-order chi connectivity index (χ1) is 5.43. The summed E-state index contributed by atoms with van der Waals surface area (Å²) >= 11 is 0. The molecule has 0 aliphatic heterocycles. The molecule has 11 heavy (non-hydrogen) atoms. The molecule has 0 aliphatic rings. The smallest absolute Gasteiger partial charge is 0.0340 e. The highest BCUT2D eigenvalue weighted by atomic mass is 14.6. The van der Waals surface area contributed by atoms with Gasteiger partial charge in [0.2, 0.25) is 0 Å². The van der Waals surface area contributed by atoms with Crippen molar-refractivity contribution >= 4 is 6.08 Å². The van der Waals surface area contributed by atoms with Crippen LogP contribution in [-0.4, -0.2) is 4.98 Å². The van der Waals surface area contributed by atoms with Gasteiger partial charge in [-0.2, -0.15) is 0 Å². The van der Waals surface area contributed by atoms with Gasteiger partial charge in [0.05, 0.1) is 0 Å². The summed E-state index contributed by atoms with van der Waals surface area (Å²) in [5.74, 6) is 0. The maximum absolute atomic E-state index is 3.97. The van der Waals surface area contributed by atoms with E-state index in [1.54, 1.807) is 12.3 Å². The van der Waals surface area contributed by atoms with Crippen molar-refractivity contribution in [2.45, 2.75) is 0 Å². The van der Waals surface area contributed by atoms with Gasteiger partial charge in [-0.25, -0.2) is 0 Å². The van der Waals surface area contributed by atoms with Gasteiger partial charge < -0.3 is 0 Å². The molecule has 0 bridgehead atoms. The summed E-state index contributed by atoms with van der Waals surface area (Å²) in [5.41, 5.74) is 1.10. The van der Waals surface area contributed by atoms with Gasteiger partial charge in [-0.1, -0.05) is 30.4 Å². The molecule has 1 aromatic heterocycles. The van der Waals surface area contributed by atoms with E-state index in [1.165, 1.54) is 0 Å². The molecule has 1 radical (unpaired) electrons. The molecule has 0 fully saturated rings. The highest BCUT2D eigenvalue weighted by Crippen LogP contribution is 1.97. The van der Waals surface area contributed by atoms with Gasteiger partial charge in [0.1, 0.15) is 0 Å². The van der Waals surface area contributed by atoms with Gasteiger partial charge >= 0.3 is 0 Å². The molecule has 0 N–H and O–H groups in total. The van der Waals surface area contributed by atoms with Crippen LogP contribution in [-0.2, 0) is 0 Å². The Labute approximate surface area is 67.1 Å². The molecule has 1 heterocycles. The second-order valence-electron chi connectivity index (χ2n) is 2.07. The zero-order valence-electron chi connectivity index (χ0n) is 6.27. The van der Waals surface area contributed by atoms with E-state index in [-0.39, 0.29) is 0 Å². The molecule has 0 saturated heterocycles. The summed E-state index contributed by atoms with van der Waals surface area (Å²) < 4.78 is 0. The average Bonchev–Trinajstić information content (AvgIpc) is 2.07. The maximum Gasteiger partial charge on any atom is 0.0340 e. The van der Waals surface area contributed by atoms with Crippen LogP contribution in [0, 0.1) is 6.92 Å². The first kappa shape index (κ1) is 7.73. The molecule has 1 nitrogen and oxygen atoms in total. The van der Waals surface area contributed by atoms with Crippen molar-refractivity contribution in [2.24, 2.45) is 0 Å². The largest absolute Gasteiger partial charge is 0.264 e. The fourth-order valence-electron chi connectivity index (χ4n) is 0.720. The van der Waals surface area contributed by atoms with Crippen molar-refractivity contribution in [1.29, 1.82) is 0 Å². The zero-order chi connectivity index (χ0) is 7.94. The molecule has 0 amide bonds. The van der Waals surface area contributed by atoms with Crippen LogP contribution < -0.4 is 0 Å². The van der Waals surface area contributed by atoms with Gasteiger partial charge in [-0.05, 0) is 18.6 Å². The number of rotatable bonds is 2. The van der Waals surface area contributed by atoms with E-state index in [1.807, 2.05) is 36.6 Å². The van der Waals surface area contributed by atoms with Gasteiger partial charge in [-0.3, -0.25) is 4.98 Å². The first-order valence-electron chi connectivity index (χ1n) is 3.46. The quantitative estimate of drug-likeness (QED) is 0.581. The molecule has 0 aliphatic carbocycles. The third kappa shape index (κ3) is 2.80. The molecule has 0 saturated carbocycles. The van der Waals surface area contributed by atoms with Crippen molar-refractivity contribution in [3.05, 3.63) is 55.2 Å². The lowest BCUT2D eigenvalue weighted by Gasteiger charge is -1.86. The lowest BCUT2D eigenvalue weighted by molar-refractivity contribution is 1.32. The third-order valence-corrected chi connectivity index (χ3v) is 1.22. The highest BCUT2D eigenvalue weighted by Gasteiger charge is 1.79. The Kier molecular flexibility index (Phi) is 3.13. The van der Waals surface area contributed by atoms with Crippen LogP contribution >= 0.6 is 0 Å². The second-order valence-corrected chi connectivity index (χ2v) is 2.07. The second kappa shape index (κ2) is 4.45. The van der Waals surface area contributed by atoms with Crippen molar-refractivity contribution < 1.29 is 0 Å². The number of nitrogens with zero attached hydrogens (tertiary/aromatic N) is 1.